The van der Waals surface area contributed by atoms with Crippen LogP contribution >= 0.6 is 11.3 Å². The second-order valence-corrected chi connectivity index (χ2v) is 7.64. The molecule has 0 saturated heterocycles. The first-order chi connectivity index (χ1) is 12.6. The van der Waals surface area contributed by atoms with E-state index in [0.717, 1.165) is 43.3 Å². The first-order valence-electron chi connectivity index (χ1n) is 8.49. The van der Waals surface area contributed by atoms with Gasteiger partial charge in [-0.2, -0.15) is 0 Å². The van der Waals surface area contributed by atoms with Crippen LogP contribution in [0.15, 0.2) is 54.7 Å². The standard InChI is InChI=1S/C21H19N3OS/c1-13-6-5-7-15(10-13)23-19(25)11-20-24-21(14(2)26-20)17-12-22-18-9-4-3-8-16(17)18/h3-10,12,22H,11H2,1-2H3,(H,23,25). The molecule has 0 spiro atoms. The van der Waals surface area contributed by atoms with Gasteiger partial charge in [-0.05, 0) is 37.6 Å². The third kappa shape index (κ3) is 3.26. The predicted molar refractivity (Wildman–Crippen MR) is 108 cm³/mol. The number of carbonyl (C=O) groups is 1. The highest BCUT2D eigenvalue weighted by Gasteiger charge is 2.15. The molecule has 130 valence electrons. The molecule has 0 atom stereocenters. The lowest BCUT2D eigenvalue weighted by atomic mass is 10.1. The largest absolute Gasteiger partial charge is 0.360 e. The molecule has 4 rings (SSSR count). The molecule has 26 heavy (non-hydrogen) atoms. The SMILES string of the molecule is Cc1cccc(NC(=O)Cc2nc(-c3c[nH]c4ccccc34)c(C)s2)c1. The normalized spacial score (nSPS) is 11.0. The van der Waals surface area contributed by atoms with Crippen molar-refractivity contribution in [3.8, 4) is 11.3 Å². The number of hydrogen-bond acceptors (Lipinski definition) is 3. The molecule has 5 heteroatoms. The van der Waals surface area contributed by atoms with Gasteiger partial charge in [-0.25, -0.2) is 4.98 Å². The van der Waals surface area contributed by atoms with Crippen molar-refractivity contribution in [2.24, 2.45) is 0 Å². The number of carbonyl (C=O) groups excluding carboxylic acids is 1. The number of nitrogens with one attached hydrogen (secondary N) is 2. The Kier molecular flexibility index (Phi) is 4.31. The maximum absolute atomic E-state index is 12.4. The van der Waals surface area contributed by atoms with E-state index in [1.165, 1.54) is 0 Å². The van der Waals surface area contributed by atoms with E-state index in [1.54, 1.807) is 11.3 Å². The summed E-state index contributed by atoms with van der Waals surface area (Å²) in [6.07, 6.45) is 2.27. The number of thiazole rings is 1. The van der Waals surface area contributed by atoms with Gasteiger partial charge in [0.15, 0.2) is 0 Å². The van der Waals surface area contributed by atoms with Gasteiger partial charge in [0, 0.05) is 33.2 Å². The number of aromatic nitrogens is 2. The zero-order chi connectivity index (χ0) is 18.1. The second kappa shape index (κ2) is 6.77. The fourth-order valence-electron chi connectivity index (χ4n) is 3.11. The van der Waals surface area contributed by atoms with Crippen molar-refractivity contribution in [3.05, 3.63) is 70.2 Å². The Morgan fingerprint density at radius 1 is 1.15 bits per heavy atom. The van der Waals surface area contributed by atoms with Crippen LogP contribution in [0, 0.1) is 13.8 Å². The van der Waals surface area contributed by atoms with E-state index in [-0.39, 0.29) is 12.3 Å². The number of rotatable bonds is 4. The van der Waals surface area contributed by atoms with E-state index < -0.39 is 0 Å². The Balaban J connectivity index is 1.56. The molecule has 0 aliphatic carbocycles. The Hall–Kier alpha value is -2.92. The summed E-state index contributed by atoms with van der Waals surface area (Å²) in [5.74, 6) is -0.0465. The Bertz CT molecular complexity index is 1090. The van der Waals surface area contributed by atoms with Gasteiger partial charge in [0.2, 0.25) is 5.91 Å². The first-order valence-corrected chi connectivity index (χ1v) is 9.31. The van der Waals surface area contributed by atoms with Crippen molar-refractivity contribution >= 4 is 33.8 Å². The molecule has 0 radical (unpaired) electrons. The van der Waals surface area contributed by atoms with Crippen molar-refractivity contribution in [1.29, 1.82) is 0 Å². The summed E-state index contributed by atoms with van der Waals surface area (Å²) in [6.45, 7) is 4.06. The molecule has 2 heterocycles. The van der Waals surface area contributed by atoms with Gasteiger partial charge in [0.05, 0.1) is 12.1 Å². The number of fused-ring (bicyclic) bond motifs is 1. The fourth-order valence-corrected chi connectivity index (χ4v) is 4.06. The number of H-pyrrole nitrogens is 1. The number of benzene rings is 2. The smallest absolute Gasteiger partial charge is 0.231 e. The lowest BCUT2D eigenvalue weighted by molar-refractivity contribution is -0.115. The molecule has 2 aromatic carbocycles. The van der Waals surface area contributed by atoms with Gasteiger partial charge in [0.25, 0.3) is 0 Å². The lowest BCUT2D eigenvalue weighted by Crippen LogP contribution is -2.14. The quantitative estimate of drug-likeness (QED) is 0.532. The molecule has 4 nitrogen and oxygen atoms in total. The highest BCUT2D eigenvalue weighted by Crippen LogP contribution is 2.33. The van der Waals surface area contributed by atoms with Crippen LogP contribution < -0.4 is 5.32 Å². The van der Waals surface area contributed by atoms with Gasteiger partial charge in [-0.1, -0.05) is 30.3 Å². The second-order valence-electron chi connectivity index (χ2n) is 6.35. The van der Waals surface area contributed by atoms with Crippen LogP contribution in [0.1, 0.15) is 15.4 Å². The van der Waals surface area contributed by atoms with Crippen LogP contribution in [0.3, 0.4) is 0 Å². The molecule has 0 fully saturated rings. The monoisotopic (exact) mass is 361 g/mol. The van der Waals surface area contributed by atoms with Crippen LogP contribution in [0.4, 0.5) is 5.69 Å². The summed E-state index contributed by atoms with van der Waals surface area (Å²) in [5, 5.41) is 4.92. The summed E-state index contributed by atoms with van der Waals surface area (Å²) >= 11 is 1.58. The topological polar surface area (TPSA) is 57.8 Å². The van der Waals surface area contributed by atoms with E-state index in [1.807, 2.05) is 49.5 Å². The van der Waals surface area contributed by atoms with Crippen LogP contribution in [0.25, 0.3) is 22.2 Å². The molecule has 0 bridgehead atoms. The number of nitrogens with zero attached hydrogens (tertiary/aromatic N) is 1. The van der Waals surface area contributed by atoms with E-state index >= 15 is 0 Å². The number of para-hydroxylation sites is 1. The highest BCUT2D eigenvalue weighted by atomic mass is 32.1. The molecule has 2 aromatic heterocycles. The number of anilines is 1. The number of aryl methyl sites for hydroxylation is 2. The van der Waals surface area contributed by atoms with Gasteiger partial charge < -0.3 is 10.3 Å². The predicted octanol–water partition coefficient (Wildman–Crippen LogP) is 5.09. The summed E-state index contributed by atoms with van der Waals surface area (Å²) in [7, 11) is 0. The van der Waals surface area contributed by atoms with E-state index in [9.17, 15) is 4.79 Å². The van der Waals surface area contributed by atoms with Crippen molar-refractivity contribution < 1.29 is 4.79 Å². The summed E-state index contributed by atoms with van der Waals surface area (Å²) in [6, 6.07) is 16.0. The molecular formula is C21H19N3OS. The summed E-state index contributed by atoms with van der Waals surface area (Å²) < 4.78 is 0. The van der Waals surface area contributed by atoms with Gasteiger partial charge >= 0.3 is 0 Å². The number of aromatic amines is 1. The van der Waals surface area contributed by atoms with E-state index in [4.69, 9.17) is 4.98 Å². The number of hydrogen-bond donors (Lipinski definition) is 2. The Labute approximate surface area is 155 Å². The summed E-state index contributed by atoms with van der Waals surface area (Å²) in [4.78, 5) is 21.5. The van der Waals surface area contributed by atoms with E-state index in [2.05, 4.69) is 29.4 Å². The zero-order valence-corrected chi connectivity index (χ0v) is 15.5. The fraction of sp³-hybridized carbons (Fsp3) is 0.143. The van der Waals surface area contributed by atoms with Gasteiger partial charge in [0.1, 0.15) is 5.01 Å². The minimum Gasteiger partial charge on any atom is -0.360 e. The molecule has 0 aliphatic heterocycles. The van der Waals surface area contributed by atoms with E-state index in [0.29, 0.717) is 0 Å². The first kappa shape index (κ1) is 16.5. The Morgan fingerprint density at radius 3 is 2.85 bits per heavy atom. The van der Waals surface area contributed by atoms with Crippen LogP contribution in [0.2, 0.25) is 0 Å². The molecule has 1 amide bonds. The van der Waals surface area contributed by atoms with Crippen LogP contribution in [-0.2, 0) is 11.2 Å². The van der Waals surface area contributed by atoms with Crippen LogP contribution in [0.5, 0.6) is 0 Å². The molecule has 0 aliphatic rings. The number of amides is 1. The maximum atomic E-state index is 12.4. The molecule has 4 aromatic rings. The van der Waals surface area contributed by atoms with Crippen molar-refractivity contribution in [2.45, 2.75) is 20.3 Å². The molecular weight excluding hydrogens is 342 g/mol. The van der Waals surface area contributed by atoms with Crippen molar-refractivity contribution in [3.63, 3.8) is 0 Å². The lowest BCUT2D eigenvalue weighted by Gasteiger charge is -2.04. The Morgan fingerprint density at radius 2 is 2.00 bits per heavy atom. The van der Waals surface area contributed by atoms with Crippen molar-refractivity contribution in [1.82, 2.24) is 9.97 Å². The minimum absolute atomic E-state index is 0.0465. The third-order valence-corrected chi connectivity index (χ3v) is 5.27. The van der Waals surface area contributed by atoms with Crippen LogP contribution in [-0.4, -0.2) is 15.9 Å². The molecule has 0 saturated carbocycles. The van der Waals surface area contributed by atoms with Gasteiger partial charge in [-0.15, -0.1) is 11.3 Å². The molecule has 0 unspecified atom stereocenters. The average molecular weight is 361 g/mol. The molecule has 2 N–H and O–H groups in total. The van der Waals surface area contributed by atoms with Crippen molar-refractivity contribution in [2.75, 3.05) is 5.32 Å². The average Bonchev–Trinajstić information content (AvgIpc) is 3.18. The maximum Gasteiger partial charge on any atom is 0.231 e. The van der Waals surface area contributed by atoms with Gasteiger partial charge in [-0.3, -0.25) is 4.79 Å². The summed E-state index contributed by atoms with van der Waals surface area (Å²) in [5.41, 5.74) is 5.06. The third-order valence-electron chi connectivity index (χ3n) is 4.30. The zero-order valence-electron chi connectivity index (χ0n) is 14.7. The highest BCUT2D eigenvalue weighted by molar-refractivity contribution is 7.12. The minimum atomic E-state index is -0.0465.